The average Bonchev–Trinajstić information content (AvgIpc) is 1.64. The number of rotatable bonds is 17. The molecular formula is C77H86F4N12O11. The van der Waals surface area contributed by atoms with Gasteiger partial charge in [0.05, 0.1) is 45.5 Å². The lowest BCUT2D eigenvalue weighted by molar-refractivity contribution is -0.115. The fourth-order valence-electron chi connectivity index (χ4n) is 12.4. The first kappa shape index (κ1) is 79.8. The molecule has 4 aromatic heterocycles. The van der Waals surface area contributed by atoms with Crippen molar-refractivity contribution in [1.29, 1.82) is 0 Å². The van der Waals surface area contributed by atoms with Crippen molar-refractivity contribution < 1.29 is 70.9 Å². The van der Waals surface area contributed by atoms with Crippen LogP contribution in [0.1, 0.15) is 171 Å². The summed E-state index contributed by atoms with van der Waals surface area (Å²) in [4.78, 5) is 120. The number of halogens is 4. The maximum atomic E-state index is 13.7. The highest BCUT2D eigenvalue weighted by atomic mass is 19.1. The molecule has 104 heavy (non-hydrogen) atoms. The molecule has 8 aromatic rings. The van der Waals surface area contributed by atoms with E-state index in [4.69, 9.17) is 10.8 Å². The van der Waals surface area contributed by atoms with E-state index >= 15 is 0 Å². The molecule has 23 nitrogen and oxygen atoms in total. The van der Waals surface area contributed by atoms with Gasteiger partial charge in [0.2, 0.25) is 5.91 Å². The minimum Gasteiger partial charge on any atom is -0.478 e. The number of aromatic amines is 4. The molecule has 0 atom stereocenters. The first-order valence-electron chi connectivity index (χ1n) is 33.5. The van der Waals surface area contributed by atoms with E-state index in [0.717, 1.165) is 79.6 Å². The molecule has 0 radical (unpaired) electrons. The molecule has 12 rings (SSSR count). The summed E-state index contributed by atoms with van der Waals surface area (Å²) in [5, 5.41) is 31.6. The number of carbonyl (C=O) groups excluding carboxylic acids is 7. The monoisotopic (exact) mass is 1430 g/mol. The molecule has 0 saturated heterocycles. The third-order valence-corrected chi connectivity index (χ3v) is 17.8. The van der Waals surface area contributed by atoms with Crippen molar-refractivity contribution in [2.45, 2.75) is 96.4 Å². The second-order valence-electron chi connectivity index (χ2n) is 24.7. The molecule has 4 aliphatic heterocycles. The quantitative estimate of drug-likeness (QED) is 0.0175. The Morgan fingerprint density at radius 2 is 0.817 bits per heavy atom. The number of hydrogen-bond acceptors (Lipinski definition) is 12. The highest BCUT2D eigenvalue weighted by Gasteiger charge is 2.30. The number of Topliss-reactive ketones (excluding diaryl/α,β-unsaturated/α-hetero) is 1. The van der Waals surface area contributed by atoms with Crippen LogP contribution in [-0.4, -0.2) is 146 Å². The first-order chi connectivity index (χ1) is 49.3. The maximum Gasteiger partial charge on any atom is 0.337 e. The lowest BCUT2D eigenvalue weighted by Gasteiger charge is -2.18. The number of carboxylic acids is 2. The predicted octanol–water partition coefficient (Wildman–Crippen LogP) is 12.5. The van der Waals surface area contributed by atoms with Crippen molar-refractivity contribution in [2.24, 2.45) is 5.73 Å². The van der Waals surface area contributed by atoms with Gasteiger partial charge in [0, 0.05) is 111 Å². The van der Waals surface area contributed by atoms with Crippen LogP contribution in [0.15, 0.2) is 72.8 Å². The van der Waals surface area contributed by atoms with Crippen LogP contribution in [0.4, 0.5) is 40.3 Å². The van der Waals surface area contributed by atoms with Crippen LogP contribution in [0.25, 0.3) is 34.9 Å². The van der Waals surface area contributed by atoms with Gasteiger partial charge in [0.25, 0.3) is 23.6 Å². The highest BCUT2D eigenvalue weighted by Crippen LogP contribution is 2.38. The largest absolute Gasteiger partial charge is 0.478 e. The van der Waals surface area contributed by atoms with Gasteiger partial charge in [-0.1, -0.05) is 27.7 Å². The summed E-state index contributed by atoms with van der Waals surface area (Å²) in [5.74, 6) is -4.72. The molecule has 8 heterocycles. The van der Waals surface area contributed by atoms with Crippen LogP contribution in [0, 0.1) is 78.7 Å². The van der Waals surface area contributed by atoms with Gasteiger partial charge in [-0.15, -0.1) is 0 Å². The molecule has 0 saturated carbocycles. The number of benzene rings is 4. The Balaban J connectivity index is 0.000000183. The number of aldehydes is 1. The summed E-state index contributed by atoms with van der Waals surface area (Å²) in [7, 11) is 0. The minimum atomic E-state index is -1.03. The highest BCUT2D eigenvalue weighted by molar-refractivity contribution is 6.36. The Bertz CT molecular complexity index is 4610. The average molecular weight is 1430 g/mol. The van der Waals surface area contributed by atoms with Gasteiger partial charge < -0.3 is 72.3 Å². The molecule has 13 N–H and O–H groups in total. The maximum absolute atomic E-state index is 13.7. The number of likely N-dealkylation sites (N-methyl/N-ethyl adjacent to an activating group) is 2. The van der Waals surface area contributed by atoms with Gasteiger partial charge >= 0.3 is 11.9 Å². The standard InChI is InChI=1S/C22H27FN4O2.C17H15FN2O2.C16H13FN2O3.C8H6FNO.C8H9NO3.C6H16N2/c1-5-27(6-2)10-9-24-22(29)20-13(3)19(25-14(20)4)12-17-16-11-15(23)7-8-18(16)26-21(17)28;1-8-15(19-9(2)16(8)10(3)21)7-13-12-6-11(18)4-5-14(12)20-17(13)22;1-7-13(18-8(2)14(7)16(21)22)6-11-10-5-9(17)3-4-12(10)19-15(11)20;9-6-1-2-7-5(3-6)4-8(11)10-7;1-4-6(3-10)9-5(2)7(4)8(11)12;1-3-8(4-2)6-5-7/h7-8,11-12,25H,5-6,9-10H2,1-4H3,(H,24,29)(H,26,28);4-7,19H,1-3H3,(H,20,22);3-6,18H,1-2H3,(H,19,20)(H,21,22);1-3H,4H2,(H,10,11);3,9H,1-2H3,(H,11,12);3-7H2,1-2H3/b17-12-;13-7-;11-6-;;;. The Morgan fingerprint density at radius 1 is 0.481 bits per heavy atom. The minimum absolute atomic E-state index is 0.0294. The number of ketones is 1. The molecule has 548 valence electrons. The van der Waals surface area contributed by atoms with E-state index in [1.54, 1.807) is 58.1 Å². The van der Waals surface area contributed by atoms with Crippen molar-refractivity contribution >= 4 is 111 Å². The lowest BCUT2D eigenvalue weighted by Crippen LogP contribution is -2.35. The first-order valence-corrected chi connectivity index (χ1v) is 33.5. The summed E-state index contributed by atoms with van der Waals surface area (Å²) >= 11 is 0. The Morgan fingerprint density at radius 3 is 1.15 bits per heavy atom. The molecule has 0 fully saturated rings. The predicted molar refractivity (Wildman–Crippen MR) is 395 cm³/mol. The second kappa shape index (κ2) is 35.4. The molecule has 0 aliphatic carbocycles. The Kier molecular flexibility index (Phi) is 27.1. The molecule has 0 spiro atoms. The number of aryl methyl sites for hydroxylation is 4. The van der Waals surface area contributed by atoms with E-state index < -0.39 is 29.4 Å². The van der Waals surface area contributed by atoms with Crippen molar-refractivity contribution in [3.63, 3.8) is 0 Å². The number of hydrogen-bond donors (Lipinski definition) is 12. The zero-order chi connectivity index (χ0) is 76.7. The summed E-state index contributed by atoms with van der Waals surface area (Å²) in [6.07, 6.45) is 5.81. The lowest BCUT2D eigenvalue weighted by atomic mass is 10.0. The van der Waals surface area contributed by atoms with E-state index in [0.29, 0.717) is 126 Å². The van der Waals surface area contributed by atoms with Crippen LogP contribution in [0.2, 0.25) is 0 Å². The van der Waals surface area contributed by atoms with E-state index in [9.17, 15) is 65.8 Å². The zero-order valence-corrected chi connectivity index (χ0v) is 60.2. The number of carboxylic acid groups (broad SMARTS) is 2. The molecule has 4 aliphatic rings. The number of aromatic nitrogens is 4. The number of anilines is 4. The van der Waals surface area contributed by atoms with Crippen LogP contribution in [0.5, 0.6) is 0 Å². The molecule has 27 heteroatoms. The van der Waals surface area contributed by atoms with Gasteiger partial charge in [0.15, 0.2) is 12.1 Å². The third kappa shape index (κ3) is 18.9. The fraction of sp³-hybridized carbons (Fsp3) is 0.286. The molecule has 0 unspecified atom stereocenters. The number of H-pyrrole nitrogens is 4. The van der Waals surface area contributed by atoms with E-state index in [-0.39, 0.29) is 52.3 Å². The topological polar surface area (TPSA) is 350 Å². The van der Waals surface area contributed by atoms with E-state index in [2.05, 4.69) is 84.0 Å². The summed E-state index contributed by atoms with van der Waals surface area (Å²) in [6, 6.07) is 16.7. The van der Waals surface area contributed by atoms with Crippen LogP contribution >= 0.6 is 0 Å². The molecule has 5 amide bonds. The van der Waals surface area contributed by atoms with Crippen LogP contribution in [0.3, 0.4) is 0 Å². The number of amides is 5. The van der Waals surface area contributed by atoms with E-state index in [1.165, 1.54) is 67.6 Å². The number of aromatic carboxylic acids is 2. The van der Waals surface area contributed by atoms with Crippen LogP contribution < -0.4 is 32.3 Å². The zero-order valence-electron chi connectivity index (χ0n) is 60.2. The SMILES string of the molecule is CC(=O)c1c(C)[nH]c(/C=C2\C(=O)Nc3ccc(F)cc32)c1C.CCN(CC)CCN.CCN(CC)CCNC(=O)c1c(C)[nH]c(/C=C2\C(=O)Nc3ccc(F)cc32)c1C.Cc1[nH]c(/C=C2\C(=O)Nc3ccc(F)cc32)c(C)c1C(=O)O.Cc1[nH]c(C=O)c(C)c1C(=O)O.O=C1Cc2cc(F)ccc2N1. The van der Waals surface area contributed by atoms with Gasteiger partial charge in [-0.2, -0.15) is 0 Å². The smallest absolute Gasteiger partial charge is 0.337 e. The summed E-state index contributed by atoms with van der Waals surface area (Å²) in [5.41, 5.74) is 20.0. The molecular weight excluding hydrogens is 1340 g/mol. The van der Waals surface area contributed by atoms with Crippen molar-refractivity contribution in [3.05, 3.63) is 208 Å². The van der Waals surface area contributed by atoms with Gasteiger partial charge in [0.1, 0.15) is 23.3 Å². The Hall–Kier alpha value is -11.6. The number of nitrogens with zero attached hydrogens (tertiary/aromatic N) is 2. The van der Waals surface area contributed by atoms with Crippen molar-refractivity contribution in [2.75, 3.05) is 73.6 Å². The third-order valence-electron chi connectivity index (χ3n) is 17.8. The fourth-order valence-corrected chi connectivity index (χ4v) is 12.4. The number of fused-ring (bicyclic) bond motifs is 4. The van der Waals surface area contributed by atoms with Crippen molar-refractivity contribution in [1.82, 2.24) is 35.1 Å². The molecule has 4 aromatic carbocycles. The summed E-state index contributed by atoms with van der Waals surface area (Å²) < 4.78 is 53.0. The van der Waals surface area contributed by atoms with Crippen molar-refractivity contribution in [3.8, 4) is 0 Å². The summed E-state index contributed by atoms with van der Waals surface area (Å²) in [6.45, 7) is 31.2. The number of carbonyl (C=O) groups is 9. The van der Waals surface area contributed by atoms with Crippen LogP contribution in [-0.2, 0) is 25.6 Å². The second-order valence-corrected chi connectivity index (χ2v) is 24.7. The number of nitrogens with two attached hydrogens (primary N) is 1. The molecule has 0 bridgehead atoms. The van der Waals surface area contributed by atoms with Gasteiger partial charge in [-0.3, -0.25) is 33.6 Å². The van der Waals surface area contributed by atoms with Gasteiger partial charge in [-0.25, -0.2) is 27.2 Å². The number of nitrogens with one attached hydrogen (secondary N) is 9. The Labute approximate surface area is 598 Å². The van der Waals surface area contributed by atoms with E-state index in [1.807, 2.05) is 27.7 Å². The normalized spacial score (nSPS) is 13.9. The van der Waals surface area contributed by atoms with Gasteiger partial charge in [-0.05, 0) is 207 Å².